The molecule has 0 fully saturated rings. The summed E-state index contributed by atoms with van der Waals surface area (Å²) in [5.74, 6) is 1.15. The standard InChI is InChI=1S/C6H9N3.C6H5N3/c2*1-3-9-4-2-8-6(9)5-7-1/h2,4,7H,1,3,5H2;1-5H. The van der Waals surface area contributed by atoms with Crippen LogP contribution in [0.15, 0.2) is 43.4 Å². The quantitative estimate of drug-likeness (QED) is 0.631. The highest BCUT2D eigenvalue weighted by atomic mass is 15.1. The molecular weight excluding hydrogens is 228 g/mol. The zero-order valence-electron chi connectivity index (χ0n) is 9.90. The van der Waals surface area contributed by atoms with Crippen molar-refractivity contribution in [2.24, 2.45) is 0 Å². The molecule has 0 radical (unpaired) electrons. The molecule has 1 N–H and O–H groups in total. The van der Waals surface area contributed by atoms with Crippen molar-refractivity contribution in [3.05, 3.63) is 49.2 Å². The summed E-state index contributed by atoms with van der Waals surface area (Å²) < 4.78 is 4.09. The van der Waals surface area contributed by atoms with Crippen LogP contribution in [0.25, 0.3) is 5.65 Å². The summed E-state index contributed by atoms with van der Waals surface area (Å²) in [4.78, 5) is 12.1. The van der Waals surface area contributed by atoms with Crippen LogP contribution < -0.4 is 5.32 Å². The molecule has 18 heavy (non-hydrogen) atoms. The molecule has 6 heteroatoms. The second kappa shape index (κ2) is 4.97. The van der Waals surface area contributed by atoms with Crippen molar-refractivity contribution >= 4 is 5.65 Å². The maximum atomic E-state index is 4.16. The number of imidazole rings is 2. The SMILES string of the molecule is c1cn2c(n1)CNCC2.c1cn2ccnc2cn1. The van der Waals surface area contributed by atoms with E-state index in [2.05, 4.69) is 24.8 Å². The molecule has 3 aromatic heterocycles. The molecule has 0 amide bonds. The summed E-state index contributed by atoms with van der Waals surface area (Å²) in [6.07, 6.45) is 12.8. The van der Waals surface area contributed by atoms with E-state index in [9.17, 15) is 0 Å². The third kappa shape index (κ3) is 2.23. The van der Waals surface area contributed by atoms with Crippen LogP contribution in [-0.2, 0) is 13.1 Å². The summed E-state index contributed by atoms with van der Waals surface area (Å²) >= 11 is 0. The fourth-order valence-corrected chi connectivity index (χ4v) is 1.88. The van der Waals surface area contributed by atoms with Crippen LogP contribution >= 0.6 is 0 Å². The van der Waals surface area contributed by atoms with Crippen molar-refractivity contribution < 1.29 is 0 Å². The Morgan fingerprint density at radius 2 is 1.94 bits per heavy atom. The Labute approximate surface area is 104 Å². The molecule has 0 saturated carbocycles. The van der Waals surface area contributed by atoms with Crippen molar-refractivity contribution in [3.63, 3.8) is 0 Å². The number of nitrogens with one attached hydrogen (secondary N) is 1. The smallest absolute Gasteiger partial charge is 0.155 e. The molecule has 4 heterocycles. The monoisotopic (exact) mass is 242 g/mol. The van der Waals surface area contributed by atoms with Gasteiger partial charge in [-0.1, -0.05) is 0 Å². The molecular formula is C12H14N6. The second-order valence-corrected chi connectivity index (χ2v) is 3.98. The van der Waals surface area contributed by atoms with Crippen LogP contribution in [0.4, 0.5) is 0 Å². The van der Waals surface area contributed by atoms with Crippen molar-refractivity contribution in [2.45, 2.75) is 13.1 Å². The van der Waals surface area contributed by atoms with Crippen LogP contribution in [0.1, 0.15) is 5.82 Å². The van der Waals surface area contributed by atoms with E-state index in [1.807, 2.05) is 29.2 Å². The molecule has 0 bridgehead atoms. The Morgan fingerprint density at radius 1 is 1.06 bits per heavy atom. The van der Waals surface area contributed by atoms with Gasteiger partial charge in [0.05, 0.1) is 12.7 Å². The third-order valence-corrected chi connectivity index (χ3v) is 2.82. The number of nitrogens with zero attached hydrogens (tertiary/aromatic N) is 5. The lowest BCUT2D eigenvalue weighted by Gasteiger charge is -2.13. The summed E-state index contributed by atoms with van der Waals surface area (Å²) in [7, 11) is 0. The molecule has 0 unspecified atom stereocenters. The van der Waals surface area contributed by atoms with Gasteiger partial charge in [0, 0.05) is 50.3 Å². The topological polar surface area (TPSA) is 60.0 Å². The number of hydrogen-bond donors (Lipinski definition) is 1. The van der Waals surface area contributed by atoms with Gasteiger partial charge in [-0.3, -0.25) is 4.98 Å². The Bertz CT molecular complexity index is 575. The molecule has 92 valence electrons. The van der Waals surface area contributed by atoms with Gasteiger partial charge in [0.15, 0.2) is 5.65 Å². The first-order valence-corrected chi connectivity index (χ1v) is 5.87. The molecule has 6 nitrogen and oxygen atoms in total. The largest absolute Gasteiger partial charge is 0.333 e. The van der Waals surface area contributed by atoms with E-state index in [4.69, 9.17) is 0 Å². The van der Waals surface area contributed by atoms with E-state index in [0.717, 1.165) is 31.1 Å². The summed E-state index contributed by atoms with van der Waals surface area (Å²) in [5.41, 5.74) is 0.887. The van der Waals surface area contributed by atoms with E-state index in [-0.39, 0.29) is 0 Å². The fourth-order valence-electron chi connectivity index (χ4n) is 1.88. The highest BCUT2D eigenvalue weighted by molar-refractivity contribution is 5.33. The van der Waals surface area contributed by atoms with E-state index >= 15 is 0 Å². The van der Waals surface area contributed by atoms with Gasteiger partial charge in [0.2, 0.25) is 0 Å². The summed E-state index contributed by atoms with van der Waals surface area (Å²) in [6.45, 7) is 3.06. The Balaban J connectivity index is 0.000000111. The first-order valence-electron chi connectivity index (χ1n) is 5.87. The molecule has 0 atom stereocenters. The average Bonchev–Trinajstić information content (AvgIpc) is 3.08. The van der Waals surface area contributed by atoms with Gasteiger partial charge >= 0.3 is 0 Å². The van der Waals surface area contributed by atoms with Gasteiger partial charge in [0.25, 0.3) is 0 Å². The molecule has 0 spiro atoms. The number of rotatable bonds is 0. The first kappa shape index (κ1) is 10.9. The van der Waals surface area contributed by atoms with Crippen molar-refractivity contribution in [3.8, 4) is 0 Å². The van der Waals surface area contributed by atoms with Gasteiger partial charge in [0.1, 0.15) is 5.82 Å². The van der Waals surface area contributed by atoms with Gasteiger partial charge in [-0.2, -0.15) is 0 Å². The molecule has 0 saturated heterocycles. The van der Waals surface area contributed by atoms with Crippen LogP contribution in [0.3, 0.4) is 0 Å². The minimum Gasteiger partial charge on any atom is -0.333 e. The van der Waals surface area contributed by atoms with E-state index in [0.29, 0.717) is 0 Å². The van der Waals surface area contributed by atoms with Gasteiger partial charge in [-0.15, -0.1) is 0 Å². The van der Waals surface area contributed by atoms with E-state index < -0.39 is 0 Å². The zero-order valence-corrected chi connectivity index (χ0v) is 9.90. The molecule has 0 aliphatic carbocycles. The highest BCUT2D eigenvalue weighted by Gasteiger charge is 2.05. The second-order valence-electron chi connectivity index (χ2n) is 3.98. The highest BCUT2D eigenvalue weighted by Crippen LogP contribution is 1.99. The Morgan fingerprint density at radius 3 is 2.83 bits per heavy atom. The van der Waals surface area contributed by atoms with Crippen LogP contribution in [0.5, 0.6) is 0 Å². The zero-order chi connectivity index (χ0) is 12.2. The Hall–Kier alpha value is -2.21. The van der Waals surface area contributed by atoms with Gasteiger partial charge in [-0.25, -0.2) is 9.97 Å². The van der Waals surface area contributed by atoms with Crippen molar-refractivity contribution in [1.82, 2.24) is 29.2 Å². The molecule has 1 aliphatic heterocycles. The van der Waals surface area contributed by atoms with Crippen LogP contribution in [0.2, 0.25) is 0 Å². The predicted molar refractivity (Wildman–Crippen MR) is 66.9 cm³/mol. The third-order valence-electron chi connectivity index (χ3n) is 2.82. The maximum Gasteiger partial charge on any atom is 0.155 e. The average molecular weight is 242 g/mol. The lowest BCUT2D eigenvalue weighted by molar-refractivity contribution is 0.505. The number of aromatic nitrogens is 5. The summed E-state index contributed by atoms with van der Waals surface area (Å²) in [6, 6.07) is 0. The molecule has 3 aromatic rings. The normalized spacial score (nSPS) is 13.8. The van der Waals surface area contributed by atoms with Crippen molar-refractivity contribution in [2.75, 3.05) is 6.54 Å². The minimum atomic E-state index is 0.887. The minimum absolute atomic E-state index is 0.887. The lowest BCUT2D eigenvalue weighted by atomic mass is 10.4. The molecule has 4 rings (SSSR count). The fraction of sp³-hybridized carbons (Fsp3) is 0.250. The lowest BCUT2D eigenvalue weighted by Crippen LogP contribution is -2.27. The predicted octanol–water partition coefficient (Wildman–Crippen LogP) is 0.716. The van der Waals surface area contributed by atoms with E-state index in [1.54, 1.807) is 18.6 Å². The molecule has 1 aliphatic rings. The summed E-state index contributed by atoms with van der Waals surface area (Å²) in [5, 5.41) is 3.24. The number of fused-ring (bicyclic) bond motifs is 2. The van der Waals surface area contributed by atoms with E-state index in [1.165, 1.54) is 0 Å². The Kier molecular flexibility index (Phi) is 3.01. The van der Waals surface area contributed by atoms with Crippen molar-refractivity contribution in [1.29, 1.82) is 0 Å². The molecule has 0 aromatic carbocycles. The van der Waals surface area contributed by atoms with Gasteiger partial charge < -0.3 is 14.3 Å². The van der Waals surface area contributed by atoms with Gasteiger partial charge in [-0.05, 0) is 0 Å². The first-order chi connectivity index (χ1) is 8.93. The maximum absolute atomic E-state index is 4.16. The van der Waals surface area contributed by atoms with Crippen LogP contribution in [0, 0.1) is 0 Å². The number of hydrogen-bond acceptors (Lipinski definition) is 4. The van der Waals surface area contributed by atoms with Crippen LogP contribution in [-0.4, -0.2) is 30.5 Å².